The largest absolute Gasteiger partial charge is 0.472 e. The van der Waals surface area contributed by atoms with E-state index in [1.807, 2.05) is 6.92 Å². The Bertz CT molecular complexity index is 353. The van der Waals surface area contributed by atoms with Gasteiger partial charge in [0.1, 0.15) is 18.4 Å². The van der Waals surface area contributed by atoms with Gasteiger partial charge in [-0.25, -0.2) is 4.63 Å². The van der Waals surface area contributed by atoms with Crippen LogP contribution in [-0.4, -0.2) is 42.1 Å². The van der Waals surface area contributed by atoms with Gasteiger partial charge in [0.2, 0.25) is 5.91 Å². The highest BCUT2D eigenvalue weighted by molar-refractivity contribution is 5.80. The zero-order valence-electron chi connectivity index (χ0n) is 10.2. The van der Waals surface area contributed by atoms with Crippen LogP contribution in [-0.2, 0) is 9.53 Å². The van der Waals surface area contributed by atoms with E-state index in [1.165, 1.54) is 0 Å². The first-order valence-corrected chi connectivity index (χ1v) is 5.46. The molecule has 0 unspecified atom stereocenters. The first-order valence-electron chi connectivity index (χ1n) is 5.46. The summed E-state index contributed by atoms with van der Waals surface area (Å²) in [6.07, 6.45) is -0.449. The van der Waals surface area contributed by atoms with Gasteiger partial charge in [-0.3, -0.25) is 4.79 Å². The van der Waals surface area contributed by atoms with Crippen LogP contribution in [0.2, 0.25) is 0 Å². The van der Waals surface area contributed by atoms with Gasteiger partial charge >= 0.3 is 0 Å². The quantitative estimate of drug-likeness (QED) is 0.693. The van der Waals surface area contributed by atoms with Gasteiger partial charge in [0, 0.05) is 6.61 Å². The normalized spacial score (nSPS) is 12.2. The molecule has 1 aromatic heterocycles. The standard InChI is InChI=1S/C10H17N3O4/c1-4-15-8(3)9(14)11-5-6-16-10-7(2)12-17-13-10/h8H,4-6H2,1-3H3,(H,11,14)/t8-/m1/s1. The second kappa shape index (κ2) is 6.85. The minimum Gasteiger partial charge on any atom is -0.472 e. The SMILES string of the molecule is CCO[C@H](C)C(=O)NCCOc1nonc1C. The van der Waals surface area contributed by atoms with E-state index in [1.54, 1.807) is 13.8 Å². The molecule has 7 nitrogen and oxygen atoms in total. The molecular formula is C10H17N3O4. The summed E-state index contributed by atoms with van der Waals surface area (Å²) in [5.74, 6) is 0.183. The zero-order chi connectivity index (χ0) is 12.7. The van der Waals surface area contributed by atoms with Crippen LogP contribution in [0.15, 0.2) is 4.63 Å². The first kappa shape index (κ1) is 13.4. The van der Waals surface area contributed by atoms with Crippen LogP contribution < -0.4 is 10.1 Å². The number of aromatic nitrogens is 2. The Morgan fingerprint density at radius 2 is 2.29 bits per heavy atom. The summed E-state index contributed by atoms with van der Waals surface area (Å²) in [5, 5.41) is 9.80. The summed E-state index contributed by atoms with van der Waals surface area (Å²) in [4.78, 5) is 11.4. The van der Waals surface area contributed by atoms with Crippen molar-refractivity contribution < 1.29 is 18.9 Å². The van der Waals surface area contributed by atoms with Gasteiger partial charge < -0.3 is 14.8 Å². The molecule has 1 rings (SSSR count). The zero-order valence-corrected chi connectivity index (χ0v) is 10.2. The van der Waals surface area contributed by atoms with E-state index in [2.05, 4.69) is 20.3 Å². The van der Waals surface area contributed by atoms with Gasteiger partial charge in [-0.2, -0.15) is 0 Å². The number of carbonyl (C=O) groups excluding carboxylic acids is 1. The van der Waals surface area contributed by atoms with E-state index >= 15 is 0 Å². The van der Waals surface area contributed by atoms with Crippen LogP contribution in [0.5, 0.6) is 5.88 Å². The molecule has 0 fully saturated rings. The number of rotatable bonds is 7. The summed E-state index contributed by atoms with van der Waals surface area (Å²) < 4.78 is 14.8. The van der Waals surface area contributed by atoms with Crippen molar-refractivity contribution in [3.8, 4) is 5.88 Å². The van der Waals surface area contributed by atoms with E-state index in [-0.39, 0.29) is 5.91 Å². The highest BCUT2D eigenvalue weighted by Gasteiger charge is 2.11. The summed E-state index contributed by atoms with van der Waals surface area (Å²) in [6.45, 7) is 6.46. The lowest BCUT2D eigenvalue weighted by atomic mass is 10.4. The van der Waals surface area contributed by atoms with E-state index in [0.29, 0.717) is 31.3 Å². The fraction of sp³-hybridized carbons (Fsp3) is 0.700. The fourth-order valence-corrected chi connectivity index (χ4v) is 1.15. The van der Waals surface area contributed by atoms with Gasteiger partial charge in [-0.15, -0.1) is 0 Å². The fourth-order valence-electron chi connectivity index (χ4n) is 1.15. The third-order valence-electron chi connectivity index (χ3n) is 2.04. The molecule has 0 saturated heterocycles. The summed E-state index contributed by atoms with van der Waals surface area (Å²) in [7, 11) is 0. The van der Waals surface area contributed by atoms with Crippen LogP contribution in [0, 0.1) is 6.92 Å². The maximum atomic E-state index is 11.4. The van der Waals surface area contributed by atoms with Crippen molar-refractivity contribution in [1.82, 2.24) is 15.6 Å². The summed E-state index contributed by atoms with van der Waals surface area (Å²) >= 11 is 0. The third-order valence-corrected chi connectivity index (χ3v) is 2.04. The van der Waals surface area contributed by atoms with Crippen LogP contribution in [0.3, 0.4) is 0 Å². The Hall–Kier alpha value is -1.63. The smallest absolute Gasteiger partial charge is 0.278 e. The van der Waals surface area contributed by atoms with Crippen LogP contribution in [0.1, 0.15) is 19.5 Å². The molecule has 0 aliphatic rings. The molecule has 1 N–H and O–H groups in total. The van der Waals surface area contributed by atoms with Gasteiger partial charge in [0.15, 0.2) is 0 Å². The molecule has 1 aromatic rings. The highest BCUT2D eigenvalue weighted by Crippen LogP contribution is 2.09. The predicted molar refractivity (Wildman–Crippen MR) is 58.6 cm³/mol. The molecule has 1 amide bonds. The van der Waals surface area contributed by atoms with Crippen molar-refractivity contribution in [2.75, 3.05) is 19.8 Å². The van der Waals surface area contributed by atoms with E-state index in [4.69, 9.17) is 9.47 Å². The van der Waals surface area contributed by atoms with E-state index in [9.17, 15) is 4.79 Å². The molecule has 96 valence electrons. The second-order valence-corrected chi connectivity index (χ2v) is 3.39. The average molecular weight is 243 g/mol. The van der Waals surface area contributed by atoms with Gasteiger partial charge in [0.05, 0.1) is 6.54 Å². The molecule has 0 saturated carbocycles. The van der Waals surface area contributed by atoms with Crippen LogP contribution in [0.4, 0.5) is 0 Å². The number of amides is 1. The maximum Gasteiger partial charge on any atom is 0.278 e. The first-order chi connectivity index (χ1) is 8.15. The molecule has 1 atom stereocenters. The number of ether oxygens (including phenoxy) is 2. The molecule has 1 heterocycles. The molecule has 0 spiro atoms. The molecule has 17 heavy (non-hydrogen) atoms. The number of nitrogens with zero attached hydrogens (tertiary/aromatic N) is 2. The monoisotopic (exact) mass is 243 g/mol. The second-order valence-electron chi connectivity index (χ2n) is 3.39. The molecule has 0 aromatic carbocycles. The number of nitrogens with one attached hydrogen (secondary N) is 1. The average Bonchev–Trinajstić information content (AvgIpc) is 2.70. The molecule has 0 aliphatic carbocycles. The number of aryl methyl sites for hydroxylation is 1. The minimum absolute atomic E-state index is 0.162. The number of hydrogen-bond acceptors (Lipinski definition) is 6. The Kier molecular flexibility index (Phi) is 5.41. The molecular weight excluding hydrogens is 226 g/mol. The Morgan fingerprint density at radius 3 is 2.88 bits per heavy atom. The van der Waals surface area contributed by atoms with E-state index in [0.717, 1.165) is 0 Å². The lowest BCUT2D eigenvalue weighted by Gasteiger charge is -2.11. The Labute approximate surface area is 99.4 Å². The molecule has 7 heteroatoms. The van der Waals surface area contributed by atoms with Crippen LogP contribution in [0.25, 0.3) is 0 Å². The lowest BCUT2D eigenvalue weighted by molar-refractivity contribution is -0.131. The topological polar surface area (TPSA) is 86.5 Å². The summed E-state index contributed by atoms with van der Waals surface area (Å²) in [5.41, 5.74) is 0.582. The van der Waals surface area contributed by atoms with Gasteiger partial charge in [-0.05, 0) is 25.9 Å². The van der Waals surface area contributed by atoms with E-state index < -0.39 is 6.10 Å². The lowest BCUT2D eigenvalue weighted by Crippen LogP contribution is -2.36. The Balaban J connectivity index is 2.16. The van der Waals surface area contributed by atoms with Gasteiger partial charge in [0.25, 0.3) is 5.88 Å². The summed E-state index contributed by atoms with van der Waals surface area (Å²) in [6, 6.07) is 0. The van der Waals surface area contributed by atoms with Gasteiger partial charge in [-0.1, -0.05) is 5.16 Å². The predicted octanol–water partition coefficient (Wildman–Crippen LogP) is 0.298. The van der Waals surface area contributed by atoms with Crippen molar-refractivity contribution in [2.45, 2.75) is 26.9 Å². The molecule has 0 bridgehead atoms. The number of hydrogen-bond donors (Lipinski definition) is 1. The maximum absolute atomic E-state index is 11.4. The van der Waals surface area contributed by atoms with Crippen molar-refractivity contribution >= 4 is 5.91 Å². The van der Waals surface area contributed by atoms with Crippen molar-refractivity contribution in [3.05, 3.63) is 5.69 Å². The van der Waals surface area contributed by atoms with Crippen molar-refractivity contribution in [3.63, 3.8) is 0 Å². The van der Waals surface area contributed by atoms with Crippen LogP contribution >= 0.6 is 0 Å². The molecule has 0 radical (unpaired) electrons. The molecule has 0 aliphatic heterocycles. The third kappa shape index (κ3) is 4.39. The van der Waals surface area contributed by atoms with Crippen molar-refractivity contribution in [1.29, 1.82) is 0 Å². The minimum atomic E-state index is -0.449. The highest BCUT2D eigenvalue weighted by atomic mass is 16.6. The number of carbonyl (C=O) groups is 1. The Morgan fingerprint density at radius 1 is 1.53 bits per heavy atom. The van der Waals surface area contributed by atoms with Crippen molar-refractivity contribution in [2.24, 2.45) is 0 Å².